The van der Waals surface area contributed by atoms with Gasteiger partial charge in [0.25, 0.3) is 0 Å². The number of carbonyl (C=O) groups is 1. The van der Waals surface area contributed by atoms with E-state index in [1.165, 1.54) is 25.3 Å². The summed E-state index contributed by atoms with van der Waals surface area (Å²) in [6, 6.07) is 8.28. The average Bonchev–Trinajstić information content (AvgIpc) is 2.49. The van der Waals surface area contributed by atoms with Crippen LogP contribution in [0.5, 0.6) is 11.5 Å². The molecule has 0 aliphatic heterocycles. The Labute approximate surface area is 120 Å². The van der Waals surface area contributed by atoms with Gasteiger partial charge in [-0.05, 0) is 24.3 Å². The summed E-state index contributed by atoms with van der Waals surface area (Å²) in [6.07, 6.45) is 0. The molecule has 2 aromatic carbocycles. The Balaban J connectivity index is 2.19. The van der Waals surface area contributed by atoms with Gasteiger partial charge >= 0.3 is 5.97 Å². The molecule has 0 fully saturated rings. The Morgan fingerprint density at radius 1 is 1.29 bits per heavy atom. The Bertz CT molecular complexity index is 673. The molecule has 0 unspecified atom stereocenters. The van der Waals surface area contributed by atoms with E-state index in [0.29, 0.717) is 5.56 Å². The molecule has 2 rings (SSSR count). The number of aromatic hydroxyl groups is 2. The lowest BCUT2D eigenvalue weighted by molar-refractivity contribution is 0.0600. The van der Waals surface area contributed by atoms with Gasteiger partial charge in [-0.1, -0.05) is 12.1 Å². The number of nitrogens with one attached hydrogen (secondary N) is 1. The molecule has 0 heterocycles. The summed E-state index contributed by atoms with van der Waals surface area (Å²) in [4.78, 5) is 11.4. The van der Waals surface area contributed by atoms with Crippen LogP contribution < -0.4 is 5.32 Å². The van der Waals surface area contributed by atoms with Crippen LogP contribution in [0, 0.1) is 5.82 Å². The van der Waals surface area contributed by atoms with Crippen LogP contribution in [0.3, 0.4) is 0 Å². The number of esters is 1. The van der Waals surface area contributed by atoms with Crippen LogP contribution in [0.15, 0.2) is 36.4 Å². The second-order valence-electron chi connectivity index (χ2n) is 4.32. The number of hydrogen-bond acceptors (Lipinski definition) is 5. The van der Waals surface area contributed by atoms with E-state index in [9.17, 15) is 19.4 Å². The Morgan fingerprint density at radius 2 is 2.05 bits per heavy atom. The zero-order valence-corrected chi connectivity index (χ0v) is 11.3. The second kappa shape index (κ2) is 6.13. The number of carbonyl (C=O) groups excluding carboxylic acids is 1. The minimum atomic E-state index is -0.571. The summed E-state index contributed by atoms with van der Waals surface area (Å²) in [5.74, 6) is -1.63. The standard InChI is InChI=1S/C15H14FNO4/c1-21-15(20)9-5-6-11(16)12(7-9)17-8-10-3-2-4-13(18)14(10)19/h2-7,17-19H,8H2,1H3. The zero-order valence-electron chi connectivity index (χ0n) is 11.3. The molecule has 110 valence electrons. The van der Waals surface area contributed by atoms with E-state index in [-0.39, 0.29) is 29.3 Å². The van der Waals surface area contributed by atoms with Crippen molar-refractivity contribution in [3.63, 3.8) is 0 Å². The summed E-state index contributed by atoms with van der Waals surface area (Å²) in [5.41, 5.74) is 0.708. The van der Waals surface area contributed by atoms with E-state index < -0.39 is 11.8 Å². The number of anilines is 1. The smallest absolute Gasteiger partial charge is 0.337 e. The largest absolute Gasteiger partial charge is 0.504 e. The number of benzene rings is 2. The topological polar surface area (TPSA) is 78.8 Å². The number of phenols is 2. The predicted octanol–water partition coefficient (Wildman–Crippen LogP) is 2.64. The van der Waals surface area contributed by atoms with Crippen molar-refractivity contribution in [1.82, 2.24) is 0 Å². The van der Waals surface area contributed by atoms with Crippen molar-refractivity contribution in [1.29, 1.82) is 0 Å². The third-order valence-electron chi connectivity index (χ3n) is 2.96. The van der Waals surface area contributed by atoms with Crippen LogP contribution in [0.1, 0.15) is 15.9 Å². The highest BCUT2D eigenvalue weighted by molar-refractivity contribution is 5.90. The SMILES string of the molecule is COC(=O)c1ccc(F)c(NCc2cccc(O)c2O)c1. The molecule has 2 aromatic rings. The van der Waals surface area contributed by atoms with E-state index >= 15 is 0 Å². The van der Waals surface area contributed by atoms with Gasteiger partial charge in [-0.2, -0.15) is 0 Å². The molecule has 0 spiro atoms. The van der Waals surface area contributed by atoms with Crippen molar-refractivity contribution >= 4 is 11.7 Å². The van der Waals surface area contributed by atoms with E-state index in [1.54, 1.807) is 12.1 Å². The molecule has 0 aromatic heterocycles. The van der Waals surface area contributed by atoms with Crippen LogP contribution in [0.2, 0.25) is 0 Å². The van der Waals surface area contributed by atoms with Crippen molar-refractivity contribution in [3.8, 4) is 11.5 Å². The highest BCUT2D eigenvalue weighted by atomic mass is 19.1. The highest BCUT2D eigenvalue weighted by Gasteiger charge is 2.11. The maximum absolute atomic E-state index is 13.7. The first-order valence-electron chi connectivity index (χ1n) is 6.14. The first-order valence-corrected chi connectivity index (χ1v) is 6.14. The third kappa shape index (κ3) is 3.22. The van der Waals surface area contributed by atoms with Crippen molar-refractivity contribution in [2.45, 2.75) is 6.54 Å². The number of halogens is 1. The average molecular weight is 291 g/mol. The van der Waals surface area contributed by atoms with E-state index in [2.05, 4.69) is 10.1 Å². The Morgan fingerprint density at radius 3 is 2.76 bits per heavy atom. The lowest BCUT2D eigenvalue weighted by Gasteiger charge is -2.11. The van der Waals surface area contributed by atoms with Crippen molar-refractivity contribution in [2.75, 3.05) is 12.4 Å². The van der Waals surface area contributed by atoms with Gasteiger partial charge in [0.1, 0.15) is 5.82 Å². The van der Waals surface area contributed by atoms with Gasteiger partial charge in [0.2, 0.25) is 0 Å². The molecule has 3 N–H and O–H groups in total. The monoisotopic (exact) mass is 291 g/mol. The van der Waals surface area contributed by atoms with Crippen LogP contribution in [0.4, 0.5) is 10.1 Å². The molecule has 0 radical (unpaired) electrons. The van der Waals surface area contributed by atoms with E-state index in [4.69, 9.17) is 0 Å². The minimum Gasteiger partial charge on any atom is -0.504 e. The first kappa shape index (κ1) is 14.6. The van der Waals surface area contributed by atoms with Gasteiger partial charge in [-0.25, -0.2) is 9.18 Å². The quantitative estimate of drug-likeness (QED) is 0.596. The number of ether oxygens (including phenoxy) is 1. The van der Waals surface area contributed by atoms with Crippen molar-refractivity contribution in [2.24, 2.45) is 0 Å². The van der Waals surface area contributed by atoms with Crippen molar-refractivity contribution < 1.29 is 24.1 Å². The summed E-state index contributed by atoms with van der Waals surface area (Å²) in [7, 11) is 1.24. The fraction of sp³-hybridized carbons (Fsp3) is 0.133. The molecular formula is C15H14FNO4. The summed E-state index contributed by atoms with van der Waals surface area (Å²) >= 11 is 0. The van der Waals surface area contributed by atoms with E-state index in [1.807, 2.05) is 0 Å². The molecule has 5 nitrogen and oxygen atoms in total. The number of phenolic OH excluding ortho intramolecular Hbond substituents is 2. The van der Waals surface area contributed by atoms with Gasteiger partial charge in [0.15, 0.2) is 11.5 Å². The molecule has 0 atom stereocenters. The molecule has 0 saturated heterocycles. The molecule has 0 bridgehead atoms. The third-order valence-corrected chi connectivity index (χ3v) is 2.96. The maximum atomic E-state index is 13.7. The van der Waals surface area contributed by atoms with Gasteiger partial charge in [0.05, 0.1) is 18.4 Å². The lowest BCUT2D eigenvalue weighted by Crippen LogP contribution is -2.06. The summed E-state index contributed by atoms with van der Waals surface area (Å²) in [5, 5.41) is 21.8. The fourth-order valence-electron chi connectivity index (χ4n) is 1.82. The Hall–Kier alpha value is -2.76. The van der Waals surface area contributed by atoms with Gasteiger partial charge in [-0.15, -0.1) is 0 Å². The zero-order chi connectivity index (χ0) is 15.4. The van der Waals surface area contributed by atoms with Crippen LogP contribution in [-0.2, 0) is 11.3 Å². The summed E-state index contributed by atoms with van der Waals surface area (Å²) < 4.78 is 18.3. The van der Waals surface area contributed by atoms with Gasteiger partial charge in [-0.3, -0.25) is 0 Å². The highest BCUT2D eigenvalue weighted by Crippen LogP contribution is 2.29. The van der Waals surface area contributed by atoms with Gasteiger partial charge in [0, 0.05) is 12.1 Å². The number of hydrogen-bond donors (Lipinski definition) is 3. The van der Waals surface area contributed by atoms with Crippen LogP contribution in [0.25, 0.3) is 0 Å². The molecule has 0 aliphatic carbocycles. The van der Waals surface area contributed by atoms with Crippen LogP contribution in [-0.4, -0.2) is 23.3 Å². The Kier molecular flexibility index (Phi) is 4.27. The van der Waals surface area contributed by atoms with Crippen molar-refractivity contribution in [3.05, 3.63) is 53.3 Å². The maximum Gasteiger partial charge on any atom is 0.337 e. The number of methoxy groups -OCH3 is 1. The number of rotatable bonds is 4. The molecule has 6 heteroatoms. The van der Waals surface area contributed by atoms with Crippen LogP contribution >= 0.6 is 0 Å². The number of para-hydroxylation sites is 1. The lowest BCUT2D eigenvalue weighted by atomic mass is 10.1. The molecule has 21 heavy (non-hydrogen) atoms. The molecule has 0 aliphatic rings. The second-order valence-corrected chi connectivity index (χ2v) is 4.32. The molecular weight excluding hydrogens is 277 g/mol. The normalized spacial score (nSPS) is 10.2. The van der Waals surface area contributed by atoms with E-state index in [0.717, 1.165) is 6.07 Å². The predicted molar refractivity (Wildman–Crippen MR) is 74.8 cm³/mol. The van der Waals surface area contributed by atoms with Gasteiger partial charge < -0.3 is 20.3 Å². The first-order chi connectivity index (χ1) is 10.0. The minimum absolute atomic E-state index is 0.0851. The molecule has 0 saturated carbocycles. The summed E-state index contributed by atoms with van der Waals surface area (Å²) in [6.45, 7) is 0.0851. The fourth-order valence-corrected chi connectivity index (χ4v) is 1.82. The molecule has 0 amide bonds.